The van der Waals surface area contributed by atoms with Gasteiger partial charge in [0.2, 0.25) is 0 Å². The molecule has 0 saturated heterocycles. The summed E-state index contributed by atoms with van der Waals surface area (Å²) in [6.07, 6.45) is 0. The van der Waals surface area contributed by atoms with Gasteiger partial charge in [0.25, 0.3) is 0 Å². The van der Waals surface area contributed by atoms with Gasteiger partial charge < -0.3 is 14.2 Å². The number of aromatic hydroxyl groups is 1. The Morgan fingerprint density at radius 2 is 1.36 bits per heavy atom. The fourth-order valence-corrected chi connectivity index (χ4v) is 4.29. The molecule has 9 nitrogen and oxygen atoms in total. The maximum atomic E-state index is 11.6. The van der Waals surface area contributed by atoms with E-state index in [9.17, 15) is 31.0 Å². The molecule has 0 spiro atoms. The van der Waals surface area contributed by atoms with E-state index in [2.05, 4.69) is 10.2 Å². The number of phenols is 1. The van der Waals surface area contributed by atoms with Crippen LogP contribution in [0.5, 0.6) is 5.75 Å². The maximum absolute atomic E-state index is 11.6. The van der Waals surface area contributed by atoms with Crippen LogP contribution in [0.25, 0.3) is 21.5 Å². The molecule has 0 amide bonds. The van der Waals surface area contributed by atoms with Crippen LogP contribution in [0, 0.1) is 0 Å². The van der Waals surface area contributed by atoms with Crippen molar-refractivity contribution in [2.75, 3.05) is 0 Å². The van der Waals surface area contributed by atoms with E-state index in [1.54, 1.807) is 24.3 Å². The maximum Gasteiger partial charge on any atom is 1.00 e. The smallest absolute Gasteiger partial charge is 0.744 e. The van der Waals surface area contributed by atoms with Crippen molar-refractivity contribution in [3.63, 3.8) is 0 Å². The Hall–Kier alpha value is -1.38. The summed E-state index contributed by atoms with van der Waals surface area (Å²) in [5.74, 6) is -0.927. The Morgan fingerprint density at radius 3 is 2.03 bits per heavy atom. The Labute approximate surface area is 233 Å². The largest absolute Gasteiger partial charge is 1.00 e. The van der Waals surface area contributed by atoms with Gasteiger partial charge in [-0.1, -0.05) is 42.5 Å². The molecule has 0 unspecified atom stereocenters. The number of hydrogen-bond acceptors (Lipinski definition) is 9. The molecule has 0 aromatic heterocycles. The number of benzene rings is 4. The normalized spacial score (nSPS) is 11.9. The molecule has 4 rings (SSSR count). The third-order valence-corrected chi connectivity index (χ3v) is 6.29. The SMILES string of the molecule is O=S(=O)([O-])c1ccc2c(N=Nc3cccc4ccccc34)c(O)c(S(=O)(=O)[O-])cc2c1.[Na+].[Na+]. The van der Waals surface area contributed by atoms with E-state index in [0.717, 1.165) is 29.0 Å². The molecule has 0 radical (unpaired) electrons. The second-order valence-corrected chi connectivity index (χ2v) is 9.29. The third-order valence-electron chi connectivity index (χ3n) is 4.60. The van der Waals surface area contributed by atoms with Crippen molar-refractivity contribution in [1.29, 1.82) is 0 Å². The van der Waals surface area contributed by atoms with Gasteiger partial charge in [-0.05, 0) is 35.0 Å². The Kier molecular flexibility index (Phi) is 8.85. The van der Waals surface area contributed by atoms with Crippen molar-refractivity contribution in [1.82, 2.24) is 0 Å². The number of nitrogens with zero attached hydrogens (tertiary/aromatic N) is 2. The molecule has 0 saturated carbocycles. The fourth-order valence-electron chi connectivity index (χ4n) is 3.18. The van der Waals surface area contributed by atoms with Crippen molar-refractivity contribution in [2.45, 2.75) is 9.79 Å². The van der Waals surface area contributed by atoms with E-state index in [0.29, 0.717) is 5.69 Å². The van der Waals surface area contributed by atoms with Crippen LogP contribution in [0.2, 0.25) is 0 Å². The van der Waals surface area contributed by atoms with Gasteiger partial charge >= 0.3 is 59.1 Å². The minimum absolute atomic E-state index is 0. The molecule has 0 aliphatic carbocycles. The second-order valence-electron chi connectivity index (χ2n) is 6.56. The van der Waals surface area contributed by atoms with E-state index in [4.69, 9.17) is 0 Å². The molecule has 158 valence electrons. The molecule has 0 aliphatic heterocycles. The summed E-state index contributed by atoms with van der Waals surface area (Å²) in [5, 5.41) is 20.1. The summed E-state index contributed by atoms with van der Waals surface area (Å²) in [6.45, 7) is 0. The van der Waals surface area contributed by atoms with Crippen LogP contribution >= 0.6 is 0 Å². The molecular weight excluding hydrogens is 490 g/mol. The molecule has 4 aromatic carbocycles. The van der Waals surface area contributed by atoms with Gasteiger partial charge in [-0.2, -0.15) is 0 Å². The van der Waals surface area contributed by atoms with Crippen LogP contribution in [0.15, 0.2) is 86.7 Å². The van der Waals surface area contributed by atoms with Crippen molar-refractivity contribution in [3.8, 4) is 5.75 Å². The standard InChI is InChI=1S/C20H14N2O7S2.2Na/c23-20-18(31(27,28)29)11-13-10-14(30(24,25)26)8-9-16(13)19(20)22-21-17-7-3-5-12-4-1-2-6-15(12)17;;/h1-11,23H,(H,24,25,26)(H,27,28,29);;/q;2*+1/p-2. The zero-order chi connectivity index (χ0) is 22.4. The number of rotatable bonds is 4. The first-order chi connectivity index (χ1) is 14.6. The molecule has 0 fully saturated rings. The number of azo groups is 1. The topological polar surface area (TPSA) is 159 Å². The second kappa shape index (κ2) is 10.5. The monoisotopic (exact) mass is 502 g/mol. The van der Waals surface area contributed by atoms with Crippen LogP contribution in [0.3, 0.4) is 0 Å². The molecular formula is C20H12N2Na2O7S2. The van der Waals surface area contributed by atoms with Crippen molar-refractivity contribution >= 4 is 53.2 Å². The predicted octanol–water partition coefficient (Wildman–Crippen LogP) is -2.07. The van der Waals surface area contributed by atoms with Crippen molar-refractivity contribution in [3.05, 3.63) is 66.7 Å². The molecule has 0 atom stereocenters. The van der Waals surface area contributed by atoms with E-state index in [-0.39, 0.29) is 75.6 Å². The number of hydrogen-bond donors (Lipinski definition) is 1. The minimum atomic E-state index is -5.14. The summed E-state index contributed by atoms with van der Waals surface area (Å²) in [5.41, 5.74) is 0.0643. The third kappa shape index (κ3) is 5.82. The first-order valence-corrected chi connectivity index (χ1v) is 11.5. The van der Waals surface area contributed by atoms with Gasteiger partial charge in [0.05, 0.1) is 15.5 Å². The van der Waals surface area contributed by atoms with Gasteiger partial charge in [-0.15, -0.1) is 10.2 Å². The Morgan fingerprint density at radius 1 is 0.697 bits per heavy atom. The fraction of sp³-hybridized carbons (Fsp3) is 0. The first kappa shape index (κ1) is 27.9. The number of fused-ring (bicyclic) bond motifs is 2. The van der Waals surface area contributed by atoms with Crippen molar-refractivity contribution < 1.29 is 90.2 Å². The van der Waals surface area contributed by atoms with E-state index in [1.807, 2.05) is 18.2 Å². The van der Waals surface area contributed by atoms with Crippen LogP contribution in [-0.4, -0.2) is 31.0 Å². The minimum Gasteiger partial charge on any atom is -0.744 e. The Balaban J connectivity index is 0.00000193. The quantitative estimate of drug-likeness (QED) is 0.191. The average Bonchev–Trinajstić information content (AvgIpc) is 2.71. The summed E-state index contributed by atoms with van der Waals surface area (Å²) < 4.78 is 68.8. The molecule has 13 heteroatoms. The summed E-state index contributed by atoms with van der Waals surface area (Å²) >= 11 is 0. The van der Waals surface area contributed by atoms with Gasteiger partial charge in [-0.3, -0.25) is 0 Å². The van der Waals surface area contributed by atoms with Crippen LogP contribution in [0.1, 0.15) is 0 Å². The van der Waals surface area contributed by atoms with Gasteiger partial charge in [0.15, 0.2) is 5.75 Å². The molecule has 0 heterocycles. The van der Waals surface area contributed by atoms with E-state index in [1.165, 1.54) is 6.07 Å². The van der Waals surface area contributed by atoms with E-state index < -0.39 is 35.8 Å². The zero-order valence-corrected chi connectivity index (χ0v) is 23.1. The average molecular weight is 502 g/mol. The molecule has 1 N–H and O–H groups in total. The van der Waals surface area contributed by atoms with Gasteiger partial charge in [0, 0.05) is 10.8 Å². The van der Waals surface area contributed by atoms with Gasteiger partial charge in [-0.25, -0.2) is 16.8 Å². The molecule has 0 aliphatic rings. The summed E-state index contributed by atoms with van der Waals surface area (Å²) in [6, 6.07) is 16.4. The molecule has 33 heavy (non-hydrogen) atoms. The molecule has 4 aromatic rings. The first-order valence-electron chi connectivity index (χ1n) is 8.67. The number of phenolic OH excluding ortho intramolecular Hbond substituents is 1. The summed E-state index contributed by atoms with van der Waals surface area (Å²) in [7, 11) is -9.98. The summed E-state index contributed by atoms with van der Waals surface area (Å²) in [4.78, 5) is -1.64. The predicted molar refractivity (Wildman–Crippen MR) is 110 cm³/mol. The zero-order valence-electron chi connectivity index (χ0n) is 17.5. The van der Waals surface area contributed by atoms with Crippen LogP contribution in [0.4, 0.5) is 11.4 Å². The van der Waals surface area contributed by atoms with E-state index >= 15 is 0 Å². The van der Waals surface area contributed by atoms with Crippen molar-refractivity contribution in [2.24, 2.45) is 10.2 Å². The van der Waals surface area contributed by atoms with Gasteiger partial charge in [0.1, 0.15) is 25.9 Å². The molecule has 0 bridgehead atoms. The van der Waals surface area contributed by atoms with Crippen LogP contribution in [-0.2, 0) is 20.2 Å². The Bertz CT molecular complexity index is 1600. The van der Waals surface area contributed by atoms with Crippen LogP contribution < -0.4 is 59.1 Å².